The molecule has 1 unspecified atom stereocenters. The maximum atomic E-state index is 12.5. The van der Waals surface area contributed by atoms with E-state index < -0.39 is 0 Å². The number of nitrogens with one attached hydrogen (secondary N) is 2. The van der Waals surface area contributed by atoms with E-state index in [-0.39, 0.29) is 17.9 Å². The van der Waals surface area contributed by atoms with Crippen LogP contribution in [0, 0.1) is 0 Å². The largest absolute Gasteiger partial charge is 0.348 e. The second kappa shape index (κ2) is 6.72. The number of nitrogens with zero attached hydrogens (tertiary/aromatic N) is 1. The molecule has 2 rings (SSSR count). The van der Waals surface area contributed by atoms with Crippen molar-refractivity contribution in [2.45, 2.75) is 24.9 Å². The van der Waals surface area contributed by atoms with Crippen molar-refractivity contribution >= 4 is 11.8 Å². The zero-order valence-electron chi connectivity index (χ0n) is 12.9. The summed E-state index contributed by atoms with van der Waals surface area (Å²) in [4.78, 5) is 26.9. The molecule has 0 aliphatic heterocycles. The third kappa shape index (κ3) is 4.29. The predicted molar refractivity (Wildman–Crippen MR) is 80.8 cm³/mol. The zero-order valence-corrected chi connectivity index (χ0v) is 12.9. The van der Waals surface area contributed by atoms with Crippen molar-refractivity contribution in [2.75, 3.05) is 27.7 Å². The van der Waals surface area contributed by atoms with E-state index in [1.54, 1.807) is 19.0 Å². The first-order chi connectivity index (χ1) is 9.99. The summed E-state index contributed by atoms with van der Waals surface area (Å²) in [6.45, 7) is 0.301. The molecule has 5 nitrogen and oxygen atoms in total. The SMILES string of the molecule is CN(C)C(=O)[C@@H](c1ccccc1)[NH+](C)CC(=O)NC1CC1. The third-order valence-corrected chi connectivity index (χ3v) is 3.70. The van der Waals surface area contributed by atoms with Crippen LogP contribution in [0.3, 0.4) is 0 Å². The molecule has 114 valence electrons. The Balaban J connectivity index is 2.10. The Morgan fingerprint density at radius 3 is 2.43 bits per heavy atom. The molecule has 1 aromatic rings. The van der Waals surface area contributed by atoms with E-state index in [2.05, 4.69) is 5.32 Å². The van der Waals surface area contributed by atoms with Crippen molar-refractivity contribution in [2.24, 2.45) is 0 Å². The van der Waals surface area contributed by atoms with Crippen molar-refractivity contribution in [1.82, 2.24) is 10.2 Å². The van der Waals surface area contributed by atoms with Crippen LogP contribution >= 0.6 is 0 Å². The van der Waals surface area contributed by atoms with Crippen molar-refractivity contribution < 1.29 is 14.5 Å². The number of likely N-dealkylation sites (N-methyl/N-ethyl adjacent to an activating group) is 2. The molecule has 0 heterocycles. The van der Waals surface area contributed by atoms with Gasteiger partial charge in [0.15, 0.2) is 12.6 Å². The highest BCUT2D eigenvalue weighted by Gasteiger charge is 2.32. The van der Waals surface area contributed by atoms with Gasteiger partial charge in [-0.2, -0.15) is 0 Å². The summed E-state index contributed by atoms with van der Waals surface area (Å²) in [6, 6.07) is 9.64. The summed E-state index contributed by atoms with van der Waals surface area (Å²) in [5.41, 5.74) is 0.938. The molecule has 1 aliphatic carbocycles. The summed E-state index contributed by atoms with van der Waals surface area (Å²) in [5.74, 6) is 0.0282. The highest BCUT2D eigenvalue weighted by molar-refractivity contribution is 5.82. The molecule has 5 heteroatoms. The Hall–Kier alpha value is -1.88. The fraction of sp³-hybridized carbons (Fsp3) is 0.500. The Morgan fingerprint density at radius 2 is 1.90 bits per heavy atom. The number of carbonyl (C=O) groups is 2. The molecule has 2 N–H and O–H groups in total. The summed E-state index contributed by atoms with van der Waals surface area (Å²) < 4.78 is 0. The molecule has 0 spiro atoms. The molecule has 1 saturated carbocycles. The second-order valence-electron chi connectivity index (χ2n) is 5.94. The summed E-state index contributed by atoms with van der Waals surface area (Å²) in [5, 5.41) is 2.97. The number of hydrogen-bond acceptors (Lipinski definition) is 2. The first kappa shape index (κ1) is 15.5. The predicted octanol–water partition coefficient (Wildman–Crippen LogP) is -0.391. The van der Waals surface area contributed by atoms with E-state index in [0.717, 1.165) is 23.3 Å². The average Bonchev–Trinajstić information content (AvgIpc) is 3.23. The van der Waals surface area contributed by atoms with Gasteiger partial charge in [0.05, 0.1) is 7.05 Å². The number of carbonyl (C=O) groups excluding carboxylic acids is 2. The van der Waals surface area contributed by atoms with Gasteiger partial charge in [-0.05, 0) is 12.8 Å². The van der Waals surface area contributed by atoms with Crippen LogP contribution in [0.4, 0.5) is 0 Å². The van der Waals surface area contributed by atoms with Crippen LogP contribution in [-0.2, 0) is 9.59 Å². The van der Waals surface area contributed by atoms with E-state index in [9.17, 15) is 9.59 Å². The van der Waals surface area contributed by atoms with Crippen LogP contribution in [0.5, 0.6) is 0 Å². The standard InChI is InChI=1S/C16H23N3O2/c1-18(2)16(21)15(12-7-5-4-6-8-12)19(3)11-14(20)17-13-9-10-13/h4-8,13,15H,9-11H2,1-3H3,(H,17,20)/p+1/t15-/m1/s1. The molecule has 1 fully saturated rings. The maximum Gasteiger partial charge on any atom is 0.285 e. The smallest absolute Gasteiger partial charge is 0.285 e. The normalized spacial score (nSPS) is 16.9. The first-order valence-electron chi connectivity index (χ1n) is 7.37. The van der Waals surface area contributed by atoms with Gasteiger partial charge in [-0.25, -0.2) is 0 Å². The lowest BCUT2D eigenvalue weighted by Crippen LogP contribution is -3.11. The highest BCUT2D eigenvalue weighted by Crippen LogP contribution is 2.18. The van der Waals surface area contributed by atoms with Crippen LogP contribution < -0.4 is 10.2 Å². The quantitative estimate of drug-likeness (QED) is 0.750. The Kier molecular flexibility index (Phi) is 4.96. The molecule has 2 amide bonds. The van der Waals surface area contributed by atoms with Gasteiger partial charge in [-0.15, -0.1) is 0 Å². The minimum Gasteiger partial charge on any atom is -0.348 e. The second-order valence-corrected chi connectivity index (χ2v) is 5.94. The van der Waals surface area contributed by atoms with Crippen molar-refractivity contribution in [3.8, 4) is 0 Å². The van der Waals surface area contributed by atoms with Crippen LogP contribution in [0.15, 0.2) is 30.3 Å². The molecule has 0 radical (unpaired) electrons. The summed E-state index contributed by atoms with van der Waals surface area (Å²) in [6.07, 6.45) is 2.15. The molecular formula is C16H24N3O2+. The Labute approximate surface area is 125 Å². The van der Waals surface area contributed by atoms with E-state index in [1.165, 1.54) is 0 Å². The van der Waals surface area contributed by atoms with E-state index in [4.69, 9.17) is 0 Å². The minimum atomic E-state index is -0.355. The lowest BCUT2D eigenvalue weighted by Gasteiger charge is -2.26. The Morgan fingerprint density at radius 1 is 1.29 bits per heavy atom. The number of quaternary nitrogens is 1. The lowest BCUT2D eigenvalue weighted by molar-refractivity contribution is -0.894. The van der Waals surface area contributed by atoms with Gasteiger partial charge in [0, 0.05) is 25.7 Å². The van der Waals surface area contributed by atoms with Crippen molar-refractivity contribution in [3.63, 3.8) is 0 Å². The lowest BCUT2D eigenvalue weighted by atomic mass is 10.0. The molecule has 0 saturated heterocycles. The van der Waals surface area contributed by atoms with Crippen LogP contribution in [0.1, 0.15) is 24.4 Å². The number of rotatable bonds is 6. The average molecular weight is 290 g/mol. The van der Waals surface area contributed by atoms with Crippen LogP contribution in [-0.4, -0.2) is 50.4 Å². The fourth-order valence-corrected chi connectivity index (χ4v) is 2.40. The van der Waals surface area contributed by atoms with Gasteiger partial charge in [0.2, 0.25) is 0 Å². The maximum absolute atomic E-state index is 12.5. The highest BCUT2D eigenvalue weighted by atomic mass is 16.2. The van der Waals surface area contributed by atoms with Gasteiger partial charge >= 0.3 is 0 Å². The van der Waals surface area contributed by atoms with E-state index in [0.29, 0.717) is 12.6 Å². The third-order valence-electron chi connectivity index (χ3n) is 3.70. The van der Waals surface area contributed by atoms with Gasteiger partial charge in [-0.1, -0.05) is 30.3 Å². The molecular weight excluding hydrogens is 266 g/mol. The van der Waals surface area contributed by atoms with E-state index in [1.807, 2.05) is 37.4 Å². The molecule has 0 aromatic heterocycles. The van der Waals surface area contributed by atoms with Crippen molar-refractivity contribution in [3.05, 3.63) is 35.9 Å². The van der Waals surface area contributed by atoms with Gasteiger partial charge in [0.1, 0.15) is 0 Å². The van der Waals surface area contributed by atoms with Crippen LogP contribution in [0.2, 0.25) is 0 Å². The minimum absolute atomic E-state index is 0.0120. The number of amides is 2. The van der Waals surface area contributed by atoms with E-state index >= 15 is 0 Å². The Bertz CT molecular complexity index is 498. The van der Waals surface area contributed by atoms with Crippen molar-refractivity contribution in [1.29, 1.82) is 0 Å². The topological polar surface area (TPSA) is 53.9 Å². The molecule has 2 atom stereocenters. The molecule has 1 aliphatic rings. The molecule has 21 heavy (non-hydrogen) atoms. The molecule has 1 aromatic carbocycles. The summed E-state index contributed by atoms with van der Waals surface area (Å²) in [7, 11) is 5.39. The zero-order chi connectivity index (χ0) is 15.4. The van der Waals surface area contributed by atoms with Crippen LogP contribution in [0.25, 0.3) is 0 Å². The van der Waals surface area contributed by atoms with Gasteiger partial charge in [0.25, 0.3) is 11.8 Å². The van der Waals surface area contributed by atoms with Gasteiger partial charge < -0.3 is 15.1 Å². The summed E-state index contributed by atoms with van der Waals surface area (Å²) >= 11 is 0. The molecule has 0 bridgehead atoms. The number of benzene rings is 1. The first-order valence-corrected chi connectivity index (χ1v) is 7.37. The number of hydrogen-bond donors (Lipinski definition) is 2. The fourth-order valence-electron chi connectivity index (χ4n) is 2.40. The van der Waals surface area contributed by atoms with Gasteiger partial charge in [-0.3, -0.25) is 9.59 Å². The monoisotopic (exact) mass is 290 g/mol.